The molecule has 1 atom stereocenters. The minimum absolute atomic E-state index is 0.186. The van der Waals surface area contributed by atoms with Crippen molar-refractivity contribution in [1.29, 1.82) is 0 Å². The first-order chi connectivity index (χ1) is 15.2. The zero-order valence-electron chi connectivity index (χ0n) is 17.3. The molecular weight excluding hydrogens is 463 g/mol. The Morgan fingerprint density at radius 2 is 1.88 bits per heavy atom. The van der Waals surface area contributed by atoms with E-state index in [2.05, 4.69) is 20.8 Å². The van der Waals surface area contributed by atoms with Gasteiger partial charge < -0.3 is 15.2 Å². The van der Waals surface area contributed by atoms with Gasteiger partial charge in [0.15, 0.2) is 11.0 Å². The van der Waals surface area contributed by atoms with E-state index < -0.39 is 17.0 Å². The van der Waals surface area contributed by atoms with Crippen molar-refractivity contribution in [1.82, 2.24) is 14.8 Å². The van der Waals surface area contributed by atoms with Crippen LogP contribution in [-0.4, -0.2) is 25.9 Å². The second-order valence-corrected chi connectivity index (χ2v) is 8.58. The van der Waals surface area contributed by atoms with E-state index in [4.69, 9.17) is 11.6 Å². The van der Waals surface area contributed by atoms with Gasteiger partial charge in [-0.25, -0.2) is 0 Å². The van der Waals surface area contributed by atoms with E-state index in [0.29, 0.717) is 33.9 Å². The average molecular weight is 484 g/mol. The fraction of sp³-hybridized carbons (Fsp3) is 0.286. The molecule has 0 unspecified atom stereocenters. The monoisotopic (exact) mass is 483 g/mol. The van der Waals surface area contributed by atoms with E-state index in [-0.39, 0.29) is 12.5 Å². The fourth-order valence-corrected chi connectivity index (χ4v) is 3.99. The number of hydrogen-bond donors (Lipinski definition) is 2. The van der Waals surface area contributed by atoms with Crippen LogP contribution < -0.4 is 10.6 Å². The molecule has 0 aliphatic heterocycles. The van der Waals surface area contributed by atoms with Crippen molar-refractivity contribution < 1.29 is 18.0 Å². The maximum absolute atomic E-state index is 12.9. The molecule has 1 heterocycles. The molecule has 0 spiro atoms. The van der Waals surface area contributed by atoms with Crippen LogP contribution in [0.4, 0.5) is 24.5 Å². The molecule has 2 aromatic carbocycles. The molecule has 3 aromatic rings. The summed E-state index contributed by atoms with van der Waals surface area (Å²) in [6, 6.07) is 11.8. The lowest BCUT2D eigenvalue weighted by Crippen LogP contribution is -2.23. The zero-order chi connectivity index (χ0) is 23.3. The molecule has 0 aliphatic rings. The predicted octanol–water partition coefficient (Wildman–Crippen LogP) is 5.70. The Morgan fingerprint density at radius 1 is 1.16 bits per heavy atom. The summed E-state index contributed by atoms with van der Waals surface area (Å²) in [6.45, 7) is 4.38. The van der Waals surface area contributed by atoms with Crippen LogP contribution in [0.5, 0.6) is 0 Å². The van der Waals surface area contributed by atoms with Gasteiger partial charge in [0.05, 0.1) is 17.4 Å². The van der Waals surface area contributed by atoms with Gasteiger partial charge in [0.2, 0.25) is 5.91 Å². The Hall–Kier alpha value is -2.72. The number of thioether (sulfide) groups is 1. The van der Waals surface area contributed by atoms with E-state index in [1.165, 1.54) is 17.8 Å². The number of nitrogens with one attached hydrogen (secondary N) is 2. The van der Waals surface area contributed by atoms with Crippen molar-refractivity contribution in [3.8, 4) is 0 Å². The fourth-order valence-electron chi connectivity index (χ4n) is 2.86. The van der Waals surface area contributed by atoms with Gasteiger partial charge in [-0.1, -0.05) is 35.5 Å². The van der Waals surface area contributed by atoms with Crippen molar-refractivity contribution in [2.45, 2.75) is 43.5 Å². The Kier molecular flexibility index (Phi) is 7.68. The quantitative estimate of drug-likeness (QED) is 0.402. The molecule has 0 saturated carbocycles. The first kappa shape index (κ1) is 23.9. The van der Waals surface area contributed by atoms with Crippen molar-refractivity contribution in [2.75, 3.05) is 10.6 Å². The van der Waals surface area contributed by atoms with Gasteiger partial charge in [0.25, 0.3) is 0 Å². The van der Waals surface area contributed by atoms with Gasteiger partial charge in [-0.15, -0.1) is 10.2 Å². The number of carbonyl (C=O) groups is 1. The number of carbonyl (C=O) groups excluding carboxylic acids is 1. The molecule has 0 radical (unpaired) electrons. The van der Waals surface area contributed by atoms with Gasteiger partial charge in [0.1, 0.15) is 0 Å². The molecule has 1 amide bonds. The molecular formula is C21H21ClF3N5OS. The number of halogens is 4. The maximum atomic E-state index is 12.9. The first-order valence-corrected chi connectivity index (χ1v) is 11.0. The van der Waals surface area contributed by atoms with Gasteiger partial charge in [0, 0.05) is 22.9 Å². The van der Waals surface area contributed by atoms with Crippen LogP contribution in [0.3, 0.4) is 0 Å². The second kappa shape index (κ2) is 10.3. The van der Waals surface area contributed by atoms with Gasteiger partial charge in [-0.2, -0.15) is 13.2 Å². The largest absolute Gasteiger partial charge is 0.416 e. The summed E-state index contributed by atoms with van der Waals surface area (Å²) in [4.78, 5) is 12.5. The number of alkyl halides is 3. The average Bonchev–Trinajstić information content (AvgIpc) is 3.13. The minimum atomic E-state index is -4.41. The molecule has 0 aliphatic carbocycles. The molecule has 0 bridgehead atoms. The summed E-state index contributed by atoms with van der Waals surface area (Å²) in [5, 5.41) is 14.6. The van der Waals surface area contributed by atoms with Crippen LogP contribution in [0.25, 0.3) is 0 Å². The summed E-state index contributed by atoms with van der Waals surface area (Å²) >= 11 is 7.19. The lowest BCUT2D eigenvalue weighted by molar-refractivity contribution is -0.137. The highest BCUT2D eigenvalue weighted by molar-refractivity contribution is 8.00. The predicted molar refractivity (Wildman–Crippen MR) is 120 cm³/mol. The summed E-state index contributed by atoms with van der Waals surface area (Å²) in [5.74, 6) is 0.335. The van der Waals surface area contributed by atoms with Crippen LogP contribution in [0.1, 0.15) is 25.2 Å². The molecule has 170 valence electrons. The SMILES string of the molecule is CCn1c(CNc2cccc(C(F)(F)F)c2)nnc1S[C@@H](C)C(=O)Nc1cccc(Cl)c1. The Balaban J connectivity index is 1.65. The number of aromatic nitrogens is 3. The van der Waals surface area contributed by atoms with E-state index in [1.807, 2.05) is 11.5 Å². The van der Waals surface area contributed by atoms with Crippen LogP contribution >= 0.6 is 23.4 Å². The van der Waals surface area contributed by atoms with E-state index in [0.717, 1.165) is 12.1 Å². The van der Waals surface area contributed by atoms with Crippen molar-refractivity contribution >= 4 is 40.6 Å². The zero-order valence-corrected chi connectivity index (χ0v) is 18.9. The number of rotatable bonds is 8. The standard InChI is InChI=1S/C21H21ClF3N5OS/c1-3-30-18(12-26-16-8-4-6-14(10-16)21(23,24)25)28-29-20(30)32-13(2)19(31)27-17-9-5-7-15(22)11-17/h4-11,13,26H,3,12H2,1-2H3,(H,27,31)/t13-/m0/s1. The third kappa shape index (κ3) is 6.17. The lowest BCUT2D eigenvalue weighted by Gasteiger charge is -2.13. The topological polar surface area (TPSA) is 71.8 Å². The smallest absolute Gasteiger partial charge is 0.378 e. The number of hydrogen-bond acceptors (Lipinski definition) is 5. The highest BCUT2D eigenvalue weighted by atomic mass is 35.5. The third-order valence-corrected chi connectivity index (χ3v) is 5.81. The molecule has 32 heavy (non-hydrogen) atoms. The third-order valence-electron chi connectivity index (χ3n) is 4.49. The summed E-state index contributed by atoms with van der Waals surface area (Å²) in [5.41, 5.74) is 0.196. The highest BCUT2D eigenvalue weighted by Gasteiger charge is 2.30. The van der Waals surface area contributed by atoms with Crippen LogP contribution in [0.15, 0.2) is 53.7 Å². The van der Waals surface area contributed by atoms with Crippen molar-refractivity contribution in [3.63, 3.8) is 0 Å². The molecule has 2 N–H and O–H groups in total. The van der Waals surface area contributed by atoms with Crippen LogP contribution in [0.2, 0.25) is 5.02 Å². The van der Waals surface area contributed by atoms with Crippen LogP contribution in [-0.2, 0) is 24.1 Å². The number of nitrogens with zero attached hydrogens (tertiary/aromatic N) is 3. The maximum Gasteiger partial charge on any atom is 0.416 e. The van der Waals surface area contributed by atoms with E-state index in [1.54, 1.807) is 37.3 Å². The second-order valence-electron chi connectivity index (χ2n) is 6.83. The Morgan fingerprint density at radius 3 is 2.56 bits per heavy atom. The molecule has 0 fully saturated rings. The summed E-state index contributed by atoms with van der Waals surface area (Å²) in [6.07, 6.45) is -4.41. The molecule has 6 nitrogen and oxygen atoms in total. The van der Waals surface area contributed by atoms with Crippen LogP contribution in [0, 0.1) is 0 Å². The first-order valence-electron chi connectivity index (χ1n) is 9.73. The summed E-state index contributed by atoms with van der Waals surface area (Å²) < 4.78 is 40.5. The Labute approximate surface area is 192 Å². The normalized spacial score (nSPS) is 12.4. The van der Waals surface area contributed by atoms with Crippen molar-refractivity contribution in [2.24, 2.45) is 0 Å². The molecule has 11 heteroatoms. The number of amides is 1. The van der Waals surface area contributed by atoms with E-state index in [9.17, 15) is 18.0 Å². The molecule has 1 aromatic heterocycles. The number of benzene rings is 2. The minimum Gasteiger partial charge on any atom is -0.378 e. The highest BCUT2D eigenvalue weighted by Crippen LogP contribution is 2.31. The number of anilines is 2. The molecule has 0 saturated heterocycles. The van der Waals surface area contributed by atoms with Gasteiger partial charge >= 0.3 is 6.18 Å². The van der Waals surface area contributed by atoms with Gasteiger partial charge in [-0.05, 0) is 50.2 Å². The van der Waals surface area contributed by atoms with Crippen molar-refractivity contribution in [3.05, 3.63) is 64.9 Å². The van der Waals surface area contributed by atoms with Gasteiger partial charge in [-0.3, -0.25) is 4.79 Å². The Bertz CT molecular complexity index is 1090. The molecule has 3 rings (SSSR count). The van der Waals surface area contributed by atoms with E-state index >= 15 is 0 Å². The summed E-state index contributed by atoms with van der Waals surface area (Å²) in [7, 11) is 0. The lowest BCUT2D eigenvalue weighted by atomic mass is 10.2.